The maximum atomic E-state index is 13.3. The third-order valence-corrected chi connectivity index (χ3v) is 5.03. The first-order valence-corrected chi connectivity index (χ1v) is 10.0. The number of hydrogen-bond acceptors (Lipinski definition) is 6. The molecular weight excluding hydrogens is 429 g/mol. The second-order valence-corrected chi connectivity index (χ2v) is 7.37. The van der Waals surface area contributed by atoms with E-state index in [-0.39, 0.29) is 17.7 Å². The topological polar surface area (TPSA) is 108 Å². The predicted molar refractivity (Wildman–Crippen MR) is 120 cm³/mol. The fourth-order valence-corrected chi connectivity index (χ4v) is 3.44. The summed E-state index contributed by atoms with van der Waals surface area (Å²) in [6.07, 6.45) is 2.67. The molecule has 0 saturated heterocycles. The van der Waals surface area contributed by atoms with Gasteiger partial charge in [-0.3, -0.25) is 18.7 Å². The number of amides is 1. The van der Waals surface area contributed by atoms with E-state index in [0.717, 1.165) is 14.7 Å². The number of fused-ring (bicyclic) bond motifs is 1. The van der Waals surface area contributed by atoms with Crippen LogP contribution in [0.2, 0.25) is 0 Å². The molecule has 2 heterocycles. The summed E-state index contributed by atoms with van der Waals surface area (Å²) in [7, 11) is 1.49. The van der Waals surface area contributed by atoms with E-state index < -0.39 is 29.5 Å². The molecule has 4 aromatic rings. The lowest BCUT2D eigenvalue weighted by atomic mass is 10.2. The van der Waals surface area contributed by atoms with Gasteiger partial charge in [-0.15, -0.1) is 0 Å². The third-order valence-electron chi connectivity index (χ3n) is 5.03. The smallest absolute Gasteiger partial charge is 0.333 e. The zero-order chi connectivity index (χ0) is 23.5. The molecule has 168 valence electrons. The number of carbonyl (C=O) groups excluding carboxylic acids is 1. The fraction of sp³-hybridized carbons (Fsp3) is 0.174. The van der Waals surface area contributed by atoms with Crippen LogP contribution in [0.25, 0.3) is 11.2 Å². The molecular formula is C23H20FN5O4. The molecule has 4 rings (SSSR count). The number of hydrogen-bond donors (Lipinski definition) is 1. The molecule has 1 amide bonds. The molecule has 10 heteroatoms. The monoisotopic (exact) mass is 449 g/mol. The van der Waals surface area contributed by atoms with Crippen LogP contribution in [0, 0.1) is 12.7 Å². The van der Waals surface area contributed by atoms with E-state index in [4.69, 9.17) is 4.74 Å². The number of rotatable bonds is 6. The van der Waals surface area contributed by atoms with Gasteiger partial charge in [0, 0.05) is 12.4 Å². The van der Waals surface area contributed by atoms with Crippen LogP contribution in [-0.2, 0) is 17.9 Å². The Morgan fingerprint density at radius 1 is 1.06 bits per heavy atom. The Balaban J connectivity index is 1.75. The summed E-state index contributed by atoms with van der Waals surface area (Å²) >= 11 is 0. The summed E-state index contributed by atoms with van der Waals surface area (Å²) in [4.78, 5) is 47.2. The first-order chi connectivity index (χ1) is 15.9. The highest BCUT2D eigenvalue weighted by molar-refractivity contribution is 5.92. The molecule has 0 saturated carbocycles. The van der Waals surface area contributed by atoms with Gasteiger partial charge in [-0.1, -0.05) is 18.2 Å². The standard InChI is InChI=1S/C23H20FN5O4/c1-14-3-8-18(33-2)17(11-14)27-19(30)13-28-21-20(25-9-10-26-21)22(31)29(23(28)32)12-15-4-6-16(24)7-5-15/h3-11H,12-13H2,1-2H3,(H,27,30). The Labute approximate surface area is 187 Å². The van der Waals surface area contributed by atoms with E-state index in [1.54, 1.807) is 12.1 Å². The van der Waals surface area contributed by atoms with Crippen molar-refractivity contribution in [2.75, 3.05) is 12.4 Å². The van der Waals surface area contributed by atoms with Crippen LogP contribution in [0.5, 0.6) is 5.75 Å². The summed E-state index contributed by atoms with van der Waals surface area (Å²) in [5, 5.41) is 2.73. The molecule has 0 aliphatic rings. The van der Waals surface area contributed by atoms with Crippen LogP contribution >= 0.6 is 0 Å². The van der Waals surface area contributed by atoms with E-state index in [1.165, 1.54) is 43.8 Å². The van der Waals surface area contributed by atoms with Gasteiger partial charge in [0.25, 0.3) is 5.56 Å². The third kappa shape index (κ3) is 4.49. The number of anilines is 1. The Kier molecular flexibility index (Phi) is 5.99. The number of ether oxygens (including phenoxy) is 1. The highest BCUT2D eigenvalue weighted by atomic mass is 19.1. The van der Waals surface area contributed by atoms with Crippen LogP contribution in [0.1, 0.15) is 11.1 Å². The van der Waals surface area contributed by atoms with Crippen LogP contribution in [0.3, 0.4) is 0 Å². The first-order valence-electron chi connectivity index (χ1n) is 10.0. The van der Waals surface area contributed by atoms with Crippen molar-refractivity contribution in [2.24, 2.45) is 0 Å². The van der Waals surface area contributed by atoms with Gasteiger partial charge in [0.2, 0.25) is 5.91 Å². The molecule has 0 unspecified atom stereocenters. The molecule has 0 atom stereocenters. The summed E-state index contributed by atoms with van der Waals surface area (Å²) in [5.41, 5.74) is 0.458. The molecule has 0 radical (unpaired) electrons. The van der Waals surface area contributed by atoms with E-state index in [0.29, 0.717) is 17.0 Å². The van der Waals surface area contributed by atoms with Gasteiger partial charge in [0.15, 0.2) is 11.2 Å². The van der Waals surface area contributed by atoms with Gasteiger partial charge in [-0.2, -0.15) is 0 Å². The van der Waals surface area contributed by atoms with Crippen LogP contribution in [-0.4, -0.2) is 32.1 Å². The Morgan fingerprint density at radius 3 is 2.52 bits per heavy atom. The minimum absolute atomic E-state index is 0.00536. The molecule has 0 fully saturated rings. The number of benzene rings is 2. The number of carbonyl (C=O) groups is 1. The molecule has 0 bridgehead atoms. The van der Waals surface area contributed by atoms with Crippen LogP contribution < -0.4 is 21.3 Å². The maximum Gasteiger partial charge on any atom is 0.333 e. The van der Waals surface area contributed by atoms with Gasteiger partial charge < -0.3 is 10.1 Å². The molecule has 2 aromatic carbocycles. The van der Waals surface area contributed by atoms with E-state index in [9.17, 15) is 18.8 Å². The van der Waals surface area contributed by atoms with Crippen molar-refractivity contribution >= 4 is 22.8 Å². The molecule has 2 aromatic heterocycles. The van der Waals surface area contributed by atoms with Crippen molar-refractivity contribution < 1.29 is 13.9 Å². The zero-order valence-corrected chi connectivity index (χ0v) is 17.9. The lowest BCUT2D eigenvalue weighted by molar-refractivity contribution is -0.116. The normalized spacial score (nSPS) is 10.9. The van der Waals surface area contributed by atoms with Crippen molar-refractivity contribution in [3.63, 3.8) is 0 Å². The Bertz CT molecular complexity index is 1460. The van der Waals surface area contributed by atoms with Gasteiger partial charge in [-0.25, -0.2) is 19.2 Å². The quantitative estimate of drug-likeness (QED) is 0.483. The van der Waals surface area contributed by atoms with Crippen LogP contribution in [0.4, 0.5) is 10.1 Å². The van der Waals surface area contributed by atoms with E-state index in [2.05, 4.69) is 15.3 Å². The van der Waals surface area contributed by atoms with Gasteiger partial charge in [0.05, 0.1) is 19.3 Å². The summed E-state index contributed by atoms with van der Waals surface area (Å²) < 4.78 is 20.6. The van der Waals surface area contributed by atoms with Crippen molar-refractivity contribution in [1.82, 2.24) is 19.1 Å². The SMILES string of the molecule is COc1ccc(C)cc1NC(=O)Cn1c(=O)n(Cc2ccc(F)cc2)c(=O)c2nccnc21. The van der Waals surface area contributed by atoms with Crippen molar-refractivity contribution in [3.05, 3.63) is 92.6 Å². The van der Waals surface area contributed by atoms with Gasteiger partial charge >= 0.3 is 5.69 Å². The average Bonchev–Trinajstić information content (AvgIpc) is 2.81. The lowest BCUT2D eigenvalue weighted by Crippen LogP contribution is -2.42. The highest BCUT2D eigenvalue weighted by Gasteiger charge is 2.18. The molecule has 0 aliphatic heterocycles. The lowest BCUT2D eigenvalue weighted by Gasteiger charge is -2.14. The van der Waals surface area contributed by atoms with Gasteiger partial charge in [0.1, 0.15) is 18.1 Å². The average molecular weight is 449 g/mol. The number of methoxy groups -OCH3 is 1. The van der Waals surface area contributed by atoms with E-state index >= 15 is 0 Å². The van der Waals surface area contributed by atoms with Crippen molar-refractivity contribution in [1.29, 1.82) is 0 Å². The summed E-state index contributed by atoms with van der Waals surface area (Å²) in [6.45, 7) is 1.35. The van der Waals surface area contributed by atoms with Crippen molar-refractivity contribution in [2.45, 2.75) is 20.0 Å². The highest BCUT2D eigenvalue weighted by Crippen LogP contribution is 2.25. The second kappa shape index (κ2) is 9.03. The number of nitrogens with zero attached hydrogens (tertiary/aromatic N) is 4. The van der Waals surface area contributed by atoms with Crippen LogP contribution in [0.15, 0.2) is 64.4 Å². The largest absolute Gasteiger partial charge is 0.495 e. The fourth-order valence-electron chi connectivity index (χ4n) is 3.44. The number of halogens is 1. The summed E-state index contributed by atoms with van der Waals surface area (Å²) in [6, 6.07) is 10.7. The van der Waals surface area contributed by atoms with Crippen molar-refractivity contribution in [3.8, 4) is 5.75 Å². The Morgan fingerprint density at radius 2 is 1.79 bits per heavy atom. The Hall–Kier alpha value is -4.34. The van der Waals surface area contributed by atoms with E-state index in [1.807, 2.05) is 13.0 Å². The number of aryl methyl sites for hydroxylation is 1. The maximum absolute atomic E-state index is 13.3. The number of aromatic nitrogens is 4. The minimum Gasteiger partial charge on any atom is -0.495 e. The predicted octanol–water partition coefficient (Wildman–Crippen LogP) is 2.10. The number of nitrogens with one attached hydrogen (secondary N) is 1. The molecule has 1 N–H and O–H groups in total. The second-order valence-electron chi connectivity index (χ2n) is 7.37. The molecule has 33 heavy (non-hydrogen) atoms. The van der Waals surface area contributed by atoms with Gasteiger partial charge in [-0.05, 0) is 42.3 Å². The summed E-state index contributed by atoms with van der Waals surface area (Å²) in [5.74, 6) is -0.483. The first kappa shape index (κ1) is 21.9. The molecule has 9 nitrogen and oxygen atoms in total. The molecule has 0 spiro atoms. The minimum atomic E-state index is -0.733. The zero-order valence-electron chi connectivity index (χ0n) is 17.9. The molecule has 0 aliphatic carbocycles.